The van der Waals surface area contributed by atoms with E-state index in [2.05, 4.69) is 12.2 Å². The van der Waals surface area contributed by atoms with Crippen LogP contribution in [0.3, 0.4) is 0 Å². The Morgan fingerprint density at radius 1 is 1.82 bits per heavy atom. The van der Waals surface area contributed by atoms with Crippen LogP contribution >= 0.6 is 12.2 Å². The van der Waals surface area contributed by atoms with Crippen molar-refractivity contribution in [1.29, 1.82) is 0 Å². The van der Waals surface area contributed by atoms with E-state index in [9.17, 15) is 0 Å². The Bertz CT molecular complexity index is 174. The fourth-order valence-corrected chi connectivity index (χ4v) is 1.51. The molecular formula is C7H14N2OS. The molecule has 0 amide bonds. The molecule has 0 aliphatic carbocycles. The zero-order valence-corrected chi connectivity index (χ0v) is 7.70. The summed E-state index contributed by atoms with van der Waals surface area (Å²) in [6.07, 6.45) is 1.15. The van der Waals surface area contributed by atoms with Gasteiger partial charge in [0.1, 0.15) is 0 Å². The molecule has 2 atom stereocenters. The molecule has 0 bridgehead atoms. The third-order valence-electron chi connectivity index (χ3n) is 2.30. The fraction of sp³-hybridized carbons (Fsp3) is 0.857. The maximum absolute atomic E-state index is 5.39. The molecular weight excluding hydrogens is 160 g/mol. The molecule has 4 heteroatoms. The van der Waals surface area contributed by atoms with Gasteiger partial charge in [-0.1, -0.05) is 0 Å². The zero-order chi connectivity index (χ0) is 8.48. The first-order valence-electron chi connectivity index (χ1n) is 3.74. The van der Waals surface area contributed by atoms with E-state index in [-0.39, 0.29) is 11.6 Å². The Kier molecular flexibility index (Phi) is 2.34. The molecule has 1 saturated heterocycles. The Hall–Kier alpha value is -0.350. The highest BCUT2D eigenvalue weighted by atomic mass is 32.1. The average molecular weight is 174 g/mol. The molecule has 0 saturated carbocycles. The number of nitrogens with two attached hydrogens (primary N) is 1. The molecule has 3 N–H and O–H groups in total. The van der Waals surface area contributed by atoms with Crippen molar-refractivity contribution < 1.29 is 4.74 Å². The van der Waals surface area contributed by atoms with Gasteiger partial charge in [0.25, 0.3) is 0 Å². The molecule has 2 unspecified atom stereocenters. The second kappa shape index (κ2) is 2.95. The molecule has 0 aromatic carbocycles. The van der Waals surface area contributed by atoms with Gasteiger partial charge in [-0.2, -0.15) is 0 Å². The van der Waals surface area contributed by atoms with Crippen molar-refractivity contribution in [2.75, 3.05) is 6.61 Å². The number of thiocarbonyl (C=S) groups is 1. The lowest BCUT2D eigenvalue weighted by atomic mass is 9.95. The minimum atomic E-state index is -0.0637. The van der Waals surface area contributed by atoms with Crippen LogP contribution in [0.2, 0.25) is 0 Å². The zero-order valence-electron chi connectivity index (χ0n) is 6.89. The van der Waals surface area contributed by atoms with Crippen molar-refractivity contribution in [3.8, 4) is 0 Å². The summed E-state index contributed by atoms with van der Waals surface area (Å²) in [5.74, 6) is 0. The molecule has 11 heavy (non-hydrogen) atoms. The standard InChI is InChI=1S/C7H14N2OS/c1-5-7(2,3-4-10-5)9-6(8)11/h5H,3-4H2,1-2H3,(H3,8,9,11). The van der Waals surface area contributed by atoms with Crippen LogP contribution in [-0.2, 0) is 4.74 Å². The van der Waals surface area contributed by atoms with Crippen molar-refractivity contribution in [2.24, 2.45) is 5.73 Å². The summed E-state index contributed by atoms with van der Waals surface area (Å²) in [6, 6.07) is 0. The highest BCUT2D eigenvalue weighted by Crippen LogP contribution is 2.24. The molecule has 0 spiro atoms. The van der Waals surface area contributed by atoms with Gasteiger partial charge in [0.05, 0.1) is 11.6 Å². The Labute approximate surface area is 72.3 Å². The summed E-state index contributed by atoms with van der Waals surface area (Å²) < 4.78 is 5.39. The number of ether oxygens (including phenoxy) is 1. The van der Waals surface area contributed by atoms with Crippen LogP contribution in [0.1, 0.15) is 20.3 Å². The van der Waals surface area contributed by atoms with E-state index in [0.717, 1.165) is 13.0 Å². The maximum Gasteiger partial charge on any atom is 0.164 e. The predicted molar refractivity (Wildman–Crippen MR) is 48.4 cm³/mol. The average Bonchev–Trinajstić information content (AvgIpc) is 2.11. The molecule has 0 aromatic heterocycles. The van der Waals surface area contributed by atoms with Crippen LogP contribution in [0.15, 0.2) is 0 Å². The highest BCUT2D eigenvalue weighted by Gasteiger charge is 2.36. The largest absolute Gasteiger partial charge is 0.376 e. The van der Waals surface area contributed by atoms with E-state index >= 15 is 0 Å². The second-order valence-corrected chi connectivity index (χ2v) is 3.61. The van der Waals surface area contributed by atoms with Crippen molar-refractivity contribution in [3.05, 3.63) is 0 Å². The van der Waals surface area contributed by atoms with E-state index in [1.54, 1.807) is 0 Å². The molecule has 0 radical (unpaired) electrons. The van der Waals surface area contributed by atoms with Gasteiger partial charge in [0.2, 0.25) is 0 Å². The second-order valence-electron chi connectivity index (χ2n) is 3.17. The molecule has 1 heterocycles. The minimum absolute atomic E-state index is 0.0637. The lowest BCUT2D eigenvalue weighted by molar-refractivity contribution is 0.0949. The summed E-state index contributed by atoms with van der Waals surface area (Å²) in [5.41, 5.74) is 5.32. The first-order chi connectivity index (χ1) is 5.04. The molecule has 1 aliphatic rings. The smallest absolute Gasteiger partial charge is 0.164 e. The minimum Gasteiger partial charge on any atom is -0.376 e. The van der Waals surface area contributed by atoms with Crippen LogP contribution in [0.25, 0.3) is 0 Å². The molecule has 3 nitrogen and oxygen atoms in total. The van der Waals surface area contributed by atoms with Crippen molar-refractivity contribution >= 4 is 17.3 Å². The number of hydrogen-bond acceptors (Lipinski definition) is 2. The predicted octanol–water partition coefficient (Wildman–Crippen LogP) is 0.387. The van der Waals surface area contributed by atoms with E-state index in [1.807, 2.05) is 6.92 Å². The van der Waals surface area contributed by atoms with E-state index in [4.69, 9.17) is 22.7 Å². The lowest BCUT2D eigenvalue weighted by Gasteiger charge is -2.28. The van der Waals surface area contributed by atoms with Crippen LogP contribution in [0.5, 0.6) is 0 Å². The van der Waals surface area contributed by atoms with Gasteiger partial charge >= 0.3 is 0 Å². The van der Waals surface area contributed by atoms with Crippen LogP contribution in [-0.4, -0.2) is 23.4 Å². The van der Waals surface area contributed by atoms with Crippen LogP contribution in [0, 0.1) is 0 Å². The van der Waals surface area contributed by atoms with Gasteiger partial charge < -0.3 is 15.8 Å². The quantitative estimate of drug-likeness (QED) is 0.564. The van der Waals surface area contributed by atoms with Crippen LogP contribution in [0.4, 0.5) is 0 Å². The topological polar surface area (TPSA) is 47.3 Å². The summed E-state index contributed by atoms with van der Waals surface area (Å²) in [6.45, 7) is 4.88. The molecule has 1 rings (SSSR count). The van der Waals surface area contributed by atoms with E-state index in [1.165, 1.54) is 0 Å². The van der Waals surface area contributed by atoms with Gasteiger partial charge in [-0.05, 0) is 32.5 Å². The molecule has 0 aromatic rings. The Morgan fingerprint density at radius 2 is 2.45 bits per heavy atom. The van der Waals surface area contributed by atoms with Gasteiger partial charge in [-0.25, -0.2) is 0 Å². The third kappa shape index (κ3) is 1.81. The van der Waals surface area contributed by atoms with Gasteiger partial charge in [-0.3, -0.25) is 0 Å². The highest BCUT2D eigenvalue weighted by molar-refractivity contribution is 7.80. The molecule has 64 valence electrons. The first kappa shape index (κ1) is 8.74. The monoisotopic (exact) mass is 174 g/mol. The number of rotatable bonds is 1. The summed E-state index contributed by atoms with van der Waals surface area (Å²) in [7, 11) is 0. The fourth-order valence-electron chi connectivity index (χ4n) is 1.28. The SMILES string of the molecule is CC1OCCC1(C)NC(N)=S. The lowest BCUT2D eigenvalue weighted by Crippen LogP contribution is -2.52. The number of hydrogen-bond donors (Lipinski definition) is 2. The van der Waals surface area contributed by atoms with Crippen molar-refractivity contribution in [3.63, 3.8) is 0 Å². The van der Waals surface area contributed by atoms with Crippen molar-refractivity contribution in [1.82, 2.24) is 5.32 Å². The van der Waals surface area contributed by atoms with Crippen LogP contribution < -0.4 is 11.1 Å². The summed E-state index contributed by atoms with van der Waals surface area (Å²) >= 11 is 4.77. The van der Waals surface area contributed by atoms with E-state index in [0.29, 0.717) is 5.11 Å². The first-order valence-corrected chi connectivity index (χ1v) is 4.15. The number of nitrogens with one attached hydrogen (secondary N) is 1. The van der Waals surface area contributed by atoms with Gasteiger partial charge in [0.15, 0.2) is 5.11 Å². The Morgan fingerprint density at radius 3 is 2.82 bits per heavy atom. The third-order valence-corrected chi connectivity index (χ3v) is 2.40. The Balaban J connectivity index is 2.58. The summed E-state index contributed by atoms with van der Waals surface area (Å²) in [5, 5.41) is 3.40. The normalized spacial score (nSPS) is 37.1. The van der Waals surface area contributed by atoms with Gasteiger partial charge in [0, 0.05) is 6.61 Å². The summed E-state index contributed by atoms with van der Waals surface area (Å²) in [4.78, 5) is 0. The molecule has 1 fully saturated rings. The van der Waals surface area contributed by atoms with E-state index < -0.39 is 0 Å². The van der Waals surface area contributed by atoms with Gasteiger partial charge in [-0.15, -0.1) is 0 Å². The van der Waals surface area contributed by atoms with Crippen molar-refractivity contribution in [2.45, 2.75) is 31.9 Å². The maximum atomic E-state index is 5.39. The molecule has 1 aliphatic heterocycles.